The summed E-state index contributed by atoms with van der Waals surface area (Å²) < 4.78 is 10.9. The Kier molecular flexibility index (Phi) is 1.88. The molecular formula is C8H14O2. The zero-order chi connectivity index (χ0) is 7.72. The van der Waals surface area contributed by atoms with Crippen LogP contribution in [0.4, 0.5) is 0 Å². The van der Waals surface area contributed by atoms with Gasteiger partial charge < -0.3 is 9.47 Å². The monoisotopic (exact) mass is 142 g/mol. The van der Waals surface area contributed by atoms with Crippen molar-refractivity contribution in [1.82, 2.24) is 0 Å². The van der Waals surface area contributed by atoms with Gasteiger partial charge in [0.2, 0.25) is 0 Å². The van der Waals surface area contributed by atoms with Crippen molar-refractivity contribution in [3.05, 3.63) is 11.5 Å². The lowest BCUT2D eigenvalue weighted by atomic mass is 10.2. The standard InChI is InChI=1S/C8H14O2/c1-5-6(2)10-8(4)7(3)9-5/h5-6H,1-4H3. The van der Waals surface area contributed by atoms with Crippen molar-refractivity contribution >= 4 is 0 Å². The van der Waals surface area contributed by atoms with E-state index in [9.17, 15) is 0 Å². The minimum atomic E-state index is 0.184. The molecule has 0 radical (unpaired) electrons. The zero-order valence-electron chi connectivity index (χ0n) is 6.97. The fourth-order valence-electron chi connectivity index (χ4n) is 0.915. The lowest BCUT2D eigenvalue weighted by molar-refractivity contribution is -0.0438. The van der Waals surface area contributed by atoms with Gasteiger partial charge in [0.05, 0.1) is 0 Å². The largest absolute Gasteiger partial charge is 0.488 e. The fraction of sp³-hybridized carbons (Fsp3) is 0.750. The summed E-state index contributed by atoms with van der Waals surface area (Å²) in [7, 11) is 0. The molecule has 2 heteroatoms. The average molecular weight is 142 g/mol. The quantitative estimate of drug-likeness (QED) is 0.515. The summed E-state index contributed by atoms with van der Waals surface area (Å²) in [6.07, 6.45) is 0.368. The second kappa shape index (κ2) is 2.52. The van der Waals surface area contributed by atoms with E-state index in [-0.39, 0.29) is 12.2 Å². The van der Waals surface area contributed by atoms with Crippen molar-refractivity contribution in [2.45, 2.75) is 39.9 Å². The highest BCUT2D eigenvalue weighted by molar-refractivity contribution is 4.99. The molecule has 1 rings (SSSR count). The first kappa shape index (κ1) is 7.45. The first-order chi connectivity index (χ1) is 4.61. The predicted molar refractivity (Wildman–Crippen MR) is 39.5 cm³/mol. The van der Waals surface area contributed by atoms with Crippen molar-refractivity contribution in [3.63, 3.8) is 0 Å². The maximum atomic E-state index is 5.47. The van der Waals surface area contributed by atoms with Crippen LogP contribution in [-0.4, -0.2) is 12.2 Å². The molecule has 58 valence electrons. The van der Waals surface area contributed by atoms with E-state index >= 15 is 0 Å². The third-order valence-corrected chi connectivity index (χ3v) is 1.88. The molecule has 0 spiro atoms. The number of allylic oxidation sites excluding steroid dienone is 2. The third-order valence-electron chi connectivity index (χ3n) is 1.88. The minimum absolute atomic E-state index is 0.184. The second-order valence-corrected chi connectivity index (χ2v) is 2.76. The Morgan fingerprint density at radius 1 is 0.900 bits per heavy atom. The molecule has 0 fully saturated rings. The van der Waals surface area contributed by atoms with Crippen molar-refractivity contribution < 1.29 is 9.47 Å². The first-order valence-corrected chi connectivity index (χ1v) is 3.62. The van der Waals surface area contributed by atoms with Crippen LogP contribution in [0.15, 0.2) is 11.5 Å². The van der Waals surface area contributed by atoms with Crippen LogP contribution in [0, 0.1) is 0 Å². The molecule has 10 heavy (non-hydrogen) atoms. The van der Waals surface area contributed by atoms with Gasteiger partial charge in [-0.2, -0.15) is 0 Å². The van der Waals surface area contributed by atoms with Gasteiger partial charge in [0.15, 0.2) is 0 Å². The van der Waals surface area contributed by atoms with Gasteiger partial charge in [0, 0.05) is 0 Å². The Bertz CT molecular complexity index is 143. The van der Waals surface area contributed by atoms with Gasteiger partial charge in [0.25, 0.3) is 0 Å². The van der Waals surface area contributed by atoms with Crippen LogP contribution in [-0.2, 0) is 9.47 Å². The second-order valence-electron chi connectivity index (χ2n) is 2.76. The van der Waals surface area contributed by atoms with Gasteiger partial charge in [-0.15, -0.1) is 0 Å². The lowest BCUT2D eigenvalue weighted by Gasteiger charge is -2.29. The van der Waals surface area contributed by atoms with Gasteiger partial charge in [-0.25, -0.2) is 0 Å². The smallest absolute Gasteiger partial charge is 0.132 e. The van der Waals surface area contributed by atoms with Crippen LogP contribution in [0.1, 0.15) is 27.7 Å². The summed E-state index contributed by atoms with van der Waals surface area (Å²) in [5.41, 5.74) is 0. The number of hydrogen-bond acceptors (Lipinski definition) is 2. The van der Waals surface area contributed by atoms with Crippen LogP contribution in [0.5, 0.6) is 0 Å². The molecule has 2 nitrogen and oxygen atoms in total. The van der Waals surface area contributed by atoms with E-state index in [1.807, 2.05) is 27.7 Å². The van der Waals surface area contributed by atoms with Gasteiger partial charge in [0.1, 0.15) is 23.7 Å². The summed E-state index contributed by atoms with van der Waals surface area (Å²) in [6, 6.07) is 0. The lowest BCUT2D eigenvalue weighted by Crippen LogP contribution is -2.29. The van der Waals surface area contributed by atoms with E-state index in [0.717, 1.165) is 11.5 Å². The predicted octanol–water partition coefficient (Wildman–Crippen LogP) is 2.06. The number of rotatable bonds is 0. The van der Waals surface area contributed by atoms with Crippen molar-refractivity contribution in [2.24, 2.45) is 0 Å². The van der Waals surface area contributed by atoms with Crippen LogP contribution in [0.25, 0.3) is 0 Å². The summed E-state index contributed by atoms with van der Waals surface area (Å²) in [4.78, 5) is 0. The SMILES string of the molecule is CC1=C(C)OC(C)C(C)O1. The van der Waals surface area contributed by atoms with Crippen molar-refractivity contribution in [1.29, 1.82) is 0 Å². The molecule has 2 unspecified atom stereocenters. The highest BCUT2D eigenvalue weighted by Gasteiger charge is 2.21. The molecule has 0 aromatic rings. The van der Waals surface area contributed by atoms with Crippen LogP contribution in [0.3, 0.4) is 0 Å². The molecular weight excluding hydrogens is 128 g/mol. The zero-order valence-corrected chi connectivity index (χ0v) is 6.97. The molecule has 0 saturated carbocycles. The molecule has 0 aliphatic carbocycles. The van der Waals surface area contributed by atoms with E-state index in [1.165, 1.54) is 0 Å². The molecule has 2 atom stereocenters. The minimum Gasteiger partial charge on any atom is -0.488 e. The molecule has 0 bridgehead atoms. The summed E-state index contributed by atoms with van der Waals surface area (Å²) >= 11 is 0. The van der Waals surface area contributed by atoms with E-state index < -0.39 is 0 Å². The van der Waals surface area contributed by atoms with Gasteiger partial charge in [-0.3, -0.25) is 0 Å². The Labute approximate surface area is 61.8 Å². The molecule has 1 aliphatic heterocycles. The van der Waals surface area contributed by atoms with Gasteiger partial charge in [-0.05, 0) is 27.7 Å². The van der Waals surface area contributed by atoms with E-state index in [4.69, 9.17) is 9.47 Å². The van der Waals surface area contributed by atoms with E-state index in [1.54, 1.807) is 0 Å². The Hall–Kier alpha value is -0.660. The average Bonchev–Trinajstić information content (AvgIpc) is 1.84. The molecule has 0 aromatic heterocycles. The summed E-state index contributed by atoms with van der Waals surface area (Å²) in [6.45, 7) is 7.89. The first-order valence-electron chi connectivity index (χ1n) is 3.62. The molecule has 0 N–H and O–H groups in total. The molecule has 0 saturated heterocycles. The molecule has 1 aliphatic rings. The van der Waals surface area contributed by atoms with Crippen molar-refractivity contribution in [3.8, 4) is 0 Å². The topological polar surface area (TPSA) is 18.5 Å². The summed E-state index contributed by atoms with van der Waals surface area (Å²) in [5, 5.41) is 0. The Balaban J connectivity index is 2.69. The van der Waals surface area contributed by atoms with Gasteiger partial charge >= 0.3 is 0 Å². The van der Waals surface area contributed by atoms with Crippen LogP contribution < -0.4 is 0 Å². The third kappa shape index (κ3) is 1.25. The van der Waals surface area contributed by atoms with Crippen molar-refractivity contribution in [2.75, 3.05) is 0 Å². The van der Waals surface area contributed by atoms with E-state index in [2.05, 4.69) is 0 Å². The van der Waals surface area contributed by atoms with E-state index in [0.29, 0.717) is 0 Å². The maximum Gasteiger partial charge on any atom is 0.132 e. The fourth-order valence-corrected chi connectivity index (χ4v) is 0.915. The molecule has 0 amide bonds. The Morgan fingerprint density at radius 3 is 1.50 bits per heavy atom. The highest BCUT2D eigenvalue weighted by atomic mass is 16.6. The molecule has 1 heterocycles. The Morgan fingerprint density at radius 2 is 1.20 bits per heavy atom. The molecule has 0 aromatic carbocycles. The van der Waals surface area contributed by atoms with Gasteiger partial charge in [-0.1, -0.05) is 0 Å². The number of hydrogen-bond donors (Lipinski definition) is 0. The maximum absolute atomic E-state index is 5.47. The van der Waals surface area contributed by atoms with Crippen LogP contribution in [0.2, 0.25) is 0 Å². The number of ether oxygens (including phenoxy) is 2. The van der Waals surface area contributed by atoms with Crippen LogP contribution >= 0.6 is 0 Å². The normalized spacial score (nSPS) is 33.2. The highest BCUT2D eigenvalue weighted by Crippen LogP contribution is 2.20. The summed E-state index contributed by atoms with van der Waals surface area (Å²) in [5.74, 6) is 1.82.